The number of rotatable bonds is 7. The highest BCUT2D eigenvalue weighted by Crippen LogP contribution is 2.25. The van der Waals surface area contributed by atoms with Crippen LogP contribution in [0.1, 0.15) is 21.6 Å². The minimum absolute atomic E-state index is 0.178. The van der Waals surface area contributed by atoms with Gasteiger partial charge in [-0.2, -0.15) is 0 Å². The van der Waals surface area contributed by atoms with Crippen molar-refractivity contribution in [2.75, 3.05) is 5.32 Å². The van der Waals surface area contributed by atoms with Crippen LogP contribution in [-0.4, -0.2) is 25.9 Å². The molecule has 1 amide bonds. The van der Waals surface area contributed by atoms with Crippen LogP contribution >= 0.6 is 23.4 Å². The van der Waals surface area contributed by atoms with Crippen molar-refractivity contribution in [3.8, 4) is 0 Å². The predicted molar refractivity (Wildman–Crippen MR) is 129 cm³/mol. The predicted octanol–water partition coefficient (Wildman–Crippen LogP) is 5.67. The van der Waals surface area contributed by atoms with Crippen LogP contribution in [-0.2, 0) is 12.3 Å². The van der Waals surface area contributed by atoms with Gasteiger partial charge >= 0.3 is 0 Å². The van der Waals surface area contributed by atoms with Gasteiger partial charge in [0.1, 0.15) is 5.52 Å². The fourth-order valence-electron chi connectivity index (χ4n) is 3.22. The Labute approximate surface area is 198 Å². The lowest BCUT2D eigenvalue weighted by atomic mass is 10.1. The molecule has 0 spiro atoms. The van der Waals surface area contributed by atoms with E-state index in [1.54, 1.807) is 41.1 Å². The van der Waals surface area contributed by atoms with Gasteiger partial charge in [0, 0.05) is 28.2 Å². The standard InChI is InChI=1S/C24H18ClN5O2S/c25-18-9-11-19(12-10-18)26-23(31)17-7-5-16(6-8-17)13-30-14-20(28-29-30)15-33-24-27-21-3-1-2-4-22(21)32-24/h1-12,14H,13,15H2,(H,26,31). The number of oxazole rings is 1. The van der Waals surface area contributed by atoms with Gasteiger partial charge in [-0.15, -0.1) is 5.10 Å². The summed E-state index contributed by atoms with van der Waals surface area (Å²) in [6.07, 6.45) is 1.90. The maximum Gasteiger partial charge on any atom is 0.257 e. The molecule has 0 unspecified atom stereocenters. The molecule has 3 aromatic carbocycles. The van der Waals surface area contributed by atoms with Crippen molar-refractivity contribution in [1.82, 2.24) is 20.0 Å². The Bertz CT molecular complexity index is 1360. The summed E-state index contributed by atoms with van der Waals surface area (Å²) in [7, 11) is 0. The Kier molecular flexibility index (Phi) is 6.10. The highest BCUT2D eigenvalue weighted by atomic mass is 35.5. The van der Waals surface area contributed by atoms with E-state index in [0.717, 1.165) is 22.4 Å². The Morgan fingerprint density at radius 1 is 1.03 bits per heavy atom. The number of amides is 1. The monoisotopic (exact) mass is 475 g/mol. The number of fused-ring (bicyclic) bond motifs is 1. The van der Waals surface area contributed by atoms with Crippen molar-refractivity contribution >= 4 is 46.1 Å². The summed E-state index contributed by atoms with van der Waals surface area (Å²) >= 11 is 7.36. The molecule has 9 heteroatoms. The molecule has 1 N–H and O–H groups in total. The number of nitrogens with one attached hydrogen (secondary N) is 1. The van der Waals surface area contributed by atoms with Gasteiger partial charge < -0.3 is 9.73 Å². The average Bonchev–Trinajstić information content (AvgIpc) is 3.46. The SMILES string of the molecule is O=C(Nc1ccc(Cl)cc1)c1ccc(Cn2cc(CSc3nc4ccccc4o3)nn2)cc1. The number of nitrogens with zero attached hydrogens (tertiary/aromatic N) is 4. The Balaban J connectivity index is 1.17. The molecule has 2 aromatic heterocycles. The highest BCUT2D eigenvalue weighted by molar-refractivity contribution is 7.98. The molecule has 0 saturated carbocycles. The van der Waals surface area contributed by atoms with Crippen LogP contribution in [0.3, 0.4) is 0 Å². The first-order chi connectivity index (χ1) is 16.1. The first-order valence-electron chi connectivity index (χ1n) is 10.2. The number of halogens is 1. The molecule has 164 valence electrons. The lowest BCUT2D eigenvalue weighted by Crippen LogP contribution is -2.12. The minimum atomic E-state index is -0.178. The Morgan fingerprint density at radius 2 is 1.82 bits per heavy atom. The van der Waals surface area contributed by atoms with Gasteiger partial charge in [0.2, 0.25) is 0 Å². The average molecular weight is 476 g/mol. The number of carbonyl (C=O) groups excluding carboxylic acids is 1. The van der Waals surface area contributed by atoms with E-state index >= 15 is 0 Å². The van der Waals surface area contributed by atoms with Crippen molar-refractivity contribution in [2.45, 2.75) is 17.5 Å². The second-order valence-corrected chi connectivity index (χ2v) is 8.66. The van der Waals surface area contributed by atoms with E-state index in [1.165, 1.54) is 11.8 Å². The van der Waals surface area contributed by atoms with Crippen LogP contribution in [0.2, 0.25) is 5.02 Å². The molecule has 5 aromatic rings. The first kappa shape index (κ1) is 21.2. The lowest BCUT2D eigenvalue weighted by molar-refractivity contribution is 0.102. The second-order valence-electron chi connectivity index (χ2n) is 7.30. The van der Waals surface area contributed by atoms with Gasteiger partial charge in [0.05, 0.1) is 12.2 Å². The molecule has 0 aliphatic heterocycles. The molecule has 2 heterocycles. The minimum Gasteiger partial charge on any atom is -0.431 e. The van der Waals surface area contributed by atoms with Crippen LogP contribution in [0, 0.1) is 0 Å². The first-order valence-corrected chi connectivity index (χ1v) is 11.5. The number of benzene rings is 3. The molecule has 0 atom stereocenters. The van der Waals surface area contributed by atoms with Crippen molar-refractivity contribution in [1.29, 1.82) is 0 Å². The number of thioether (sulfide) groups is 1. The van der Waals surface area contributed by atoms with Gasteiger partial charge in [0.25, 0.3) is 11.1 Å². The quantitative estimate of drug-likeness (QED) is 0.305. The molecule has 0 radical (unpaired) electrons. The van der Waals surface area contributed by atoms with Crippen LogP contribution in [0.4, 0.5) is 5.69 Å². The molecule has 0 saturated heterocycles. The van der Waals surface area contributed by atoms with Gasteiger partial charge in [0.15, 0.2) is 5.58 Å². The second kappa shape index (κ2) is 9.48. The van der Waals surface area contributed by atoms with Gasteiger partial charge in [-0.25, -0.2) is 9.67 Å². The Hall–Kier alpha value is -3.62. The van der Waals surface area contributed by atoms with E-state index in [0.29, 0.717) is 33.8 Å². The maximum atomic E-state index is 12.4. The lowest BCUT2D eigenvalue weighted by Gasteiger charge is -2.06. The molecule has 7 nitrogen and oxygen atoms in total. The van der Waals surface area contributed by atoms with Crippen molar-refractivity contribution in [3.05, 3.63) is 101 Å². The highest BCUT2D eigenvalue weighted by Gasteiger charge is 2.09. The number of aromatic nitrogens is 4. The summed E-state index contributed by atoms with van der Waals surface area (Å²) < 4.78 is 7.49. The van der Waals surface area contributed by atoms with E-state index in [1.807, 2.05) is 42.6 Å². The van der Waals surface area contributed by atoms with Crippen molar-refractivity contribution in [2.24, 2.45) is 0 Å². The van der Waals surface area contributed by atoms with E-state index in [-0.39, 0.29) is 5.91 Å². The molecular formula is C24H18ClN5O2S. The smallest absolute Gasteiger partial charge is 0.257 e. The summed E-state index contributed by atoms with van der Waals surface area (Å²) in [5.74, 6) is 0.430. The fourth-order valence-corrected chi connectivity index (χ4v) is 4.06. The zero-order valence-electron chi connectivity index (χ0n) is 17.3. The van der Waals surface area contributed by atoms with Crippen LogP contribution in [0.5, 0.6) is 0 Å². The third-order valence-electron chi connectivity index (χ3n) is 4.87. The van der Waals surface area contributed by atoms with Crippen molar-refractivity contribution in [3.63, 3.8) is 0 Å². The molecule has 0 bridgehead atoms. The molecule has 0 fully saturated rings. The topological polar surface area (TPSA) is 85.8 Å². The largest absolute Gasteiger partial charge is 0.431 e. The summed E-state index contributed by atoms with van der Waals surface area (Å²) in [6, 6.07) is 22.1. The number of hydrogen-bond donors (Lipinski definition) is 1. The molecule has 5 rings (SSSR count). The Morgan fingerprint density at radius 3 is 2.61 bits per heavy atom. The van der Waals surface area contributed by atoms with E-state index in [9.17, 15) is 4.79 Å². The molecule has 33 heavy (non-hydrogen) atoms. The molecule has 0 aliphatic carbocycles. The maximum absolute atomic E-state index is 12.4. The third kappa shape index (κ3) is 5.24. The van der Waals surface area contributed by atoms with Gasteiger partial charge in [-0.05, 0) is 54.1 Å². The molecule has 0 aliphatic rings. The van der Waals surface area contributed by atoms with E-state index < -0.39 is 0 Å². The zero-order valence-corrected chi connectivity index (χ0v) is 18.9. The van der Waals surface area contributed by atoms with E-state index in [4.69, 9.17) is 16.0 Å². The fraction of sp³-hybridized carbons (Fsp3) is 0.0833. The zero-order chi connectivity index (χ0) is 22.6. The molecular weight excluding hydrogens is 458 g/mol. The van der Waals surface area contributed by atoms with Crippen LogP contribution < -0.4 is 5.32 Å². The van der Waals surface area contributed by atoms with E-state index in [2.05, 4.69) is 20.6 Å². The van der Waals surface area contributed by atoms with Gasteiger partial charge in [-0.1, -0.05) is 52.8 Å². The number of para-hydroxylation sites is 2. The summed E-state index contributed by atoms with van der Waals surface area (Å²) in [5.41, 5.74) is 4.73. The third-order valence-corrected chi connectivity index (χ3v) is 5.98. The number of hydrogen-bond acceptors (Lipinski definition) is 6. The summed E-state index contributed by atoms with van der Waals surface area (Å²) in [6.45, 7) is 0.555. The summed E-state index contributed by atoms with van der Waals surface area (Å²) in [5, 5.41) is 12.5. The van der Waals surface area contributed by atoms with Crippen molar-refractivity contribution < 1.29 is 9.21 Å². The van der Waals surface area contributed by atoms with Gasteiger partial charge in [-0.3, -0.25) is 4.79 Å². The summed E-state index contributed by atoms with van der Waals surface area (Å²) in [4.78, 5) is 16.9. The van der Waals surface area contributed by atoms with Crippen LogP contribution in [0.15, 0.2) is 88.6 Å². The number of carbonyl (C=O) groups is 1. The van der Waals surface area contributed by atoms with Crippen LogP contribution in [0.25, 0.3) is 11.1 Å². The number of anilines is 1. The normalized spacial score (nSPS) is 11.1.